The minimum absolute atomic E-state index is 0.0839. The molecule has 0 atom stereocenters. The first-order valence-corrected chi connectivity index (χ1v) is 19.0. The van der Waals surface area contributed by atoms with Gasteiger partial charge < -0.3 is 25.0 Å². The maximum Gasteiger partial charge on any atom is 0.255 e. The minimum Gasteiger partial charge on any atom is -0.490 e. The number of piperidine rings is 1. The van der Waals surface area contributed by atoms with E-state index in [0.717, 1.165) is 81.2 Å². The molecule has 7 nitrogen and oxygen atoms in total. The van der Waals surface area contributed by atoms with Gasteiger partial charge in [0, 0.05) is 54.1 Å². The normalized spacial score (nSPS) is 12.9. The van der Waals surface area contributed by atoms with Crippen molar-refractivity contribution in [2.75, 3.05) is 23.7 Å². The highest BCUT2D eigenvalue weighted by Gasteiger charge is 2.24. The molecule has 1 heterocycles. The van der Waals surface area contributed by atoms with E-state index in [0.29, 0.717) is 25.3 Å². The van der Waals surface area contributed by atoms with Crippen molar-refractivity contribution in [3.05, 3.63) is 173 Å². The molecule has 55 heavy (non-hydrogen) atoms. The second kappa shape index (κ2) is 17.2. The number of aryl methyl sites for hydroxylation is 3. The van der Waals surface area contributed by atoms with Gasteiger partial charge in [0.25, 0.3) is 11.8 Å². The lowest BCUT2D eigenvalue weighted by molar-refractivity contribution is 0.0595. The number of amides is 2. The van der Waals surface area contributed by atoms with Crippen LogP contribution in [0.25, 0.3) is 11.1 Å². The van der Waals surface area contributed by atoms with E-state index in [1.54, 1.807) is 0 Å². The van der Waals surface area contributed by atoms with Crippen LogP contribution in [0.15, 0.2) is 140 Å². The van der Waals surface area contributed by atoms with Crippen LogP contribution >= 0.6 is 0 Å². The van der Waals surface area contributed by atoms with E-state index < -0.39 is 0 Å². The lowest BCUT2D eigenvalue weighted by atomic mass is 10.0. The van der Waals surface area contributed by atoms with Gasteiger partial charge in [-0.15, -0.1) is 0 Å². The molecule has 0 saturated carbocycles. The largest absolute Gasteiger partial charge is 0.490 e. The van der Waals surface area contributed by atoms with Gasteiger partial charge in [0.05, 0.1) is 0 Å². The molecule has 0 unspecified atom stereocenters. The molecule has 278 valence electrons. The molecule has 6 aromatic rings. The highest BCUT2D eigenvalue weighted by molar-refractivity contribution is 6.04. The van der Waals surface area contributed by atoms with Gasteiger partial charge in [-0.1, -0.05) is 85.3 Å². The zero-order chi connectivity index (χ0) is 38.1. The SMILES string of the molecule is CCc1ccccc1Nc1cc(NC(=O)c2ccc(-c3ccc(OCc4ccc(OC5CCN(C(=O)c6ccc(C)cc6)CC5)cc4)cc3)cc2)ccc1C. The summed E-state index contributed by atoms with van der Waals surface area (Å²) in [5, 5.41) is 6.59. The Morgan fingerprint density at radius 1 is 0.691 bits per heavy atom. The quantitative estimate of drug-likeness (QED) is 0.131. The van der Waals surface area contributed by atoms with E-state index in [1.807, 2.05) is 139 Å². The van der Waals surface area contributed by atoms with Gasteiger partial charge in [-0.2, -0.15) is 0 Å². The van der Waals surface area contributed by atoms with Crippen LogP contribution in [0, 0.1) is 13.8 Å². The topological polar surface area (TPSA) is 79.9 Å². The predicted molar refractivity (Wildman–Crippen MR) is 222 cm³/mol. The van der Waals surface area contributed by atoms with Gasteiger partial charge in [-0.05, 0) is 115 Å². The summed E-state index contributed by atoms with van der Waals surface area (Å²) in [6.07, 6.45) is 2.63. The number of benzene rings is 6. The van der Waals surface area contributed by atoms with Crippen molar-refractivity contribution in [3.63, 3.8) is 0 Å². The zero-order valence-corrected chi connectivity index (χ0v) is 31.7. The Morgan fingerprint density at radius 2 is 1.33 bits per heavy atom. The van der Waals surface area contributed by atoms with Crippen LogP contribution in [-0.2, 0) is 13.0 Å². The Labute approximate surface area is 324 Å². The van der Waals surface area contributed by atoms with Gasteiger partial charge >= 0.3 is 0 Å². The minimum atomic E-state index is -0.161. The van der Waals surface area contributed by atoms with Gasteiger partial charge in [-0.25, -0.2) is 0 Å². The zero-order valence-electron chi connectivity index (χ0n) is 31.7. The second-order valence-electron chi connectivity index (χ2n) is 14.1. The molecule has 1 saturated heterocycles. The smallest absolute Gasteiger partial charge is 0.255 e. The molecule has 7 rings (SSSR count). The van der Waals surface area contributed by atoms with E-state index >= 15 is 0 Å². The number of nitrogens with one attached hydrogen (secondary N) is 2. The Balaban J connectivity index is 0.869. The van der Waals surface area contributed by atoms with E-state index in [9.17, 15) is 9.59 Å². The van der Waals surface area contributed by atoms with Crippen LogP contribution in [0.2, 0.25) is 0 Å². The molecular formula is C48H47N3O4. The predicted octanol–water partition coefficient (Wildman–Crippen LogP) is 10.8. The summed E-state index contributed by atoms with van der Waals surface area (Å²) in [6.45, 7) is 8.04. The highest BCUT2D eigenvalue weighted by Crippen LogP contribution is 2.28. The first kappa shape index (κ1) is 37.0. The molecule has 0 aliphatic carbocycles. The number of hydrogen-bond acceptors (Lipinski definition) is 5. The van der Waals surface area contributed by atoms with E-state index in [1.165, 1.54) is 5.56 Å². The number of carbonyl (C=O) groups is 2. The fraction of sp³-hybridized carbons (Fsp3) is 0.208. The van der Waals surface area contributed by atoms with Gasteiger partial charge in [0.1, 0.15) is 24.2 Å². The number of ether oxygens (including phenoxy) is 2. The number of para-hydroxylation sites is 1. The lowest BCUT2D eigenvalue weighted by Crippen LogP contribution is -2.41. The maximum absolute atomic E-state index is 13.2. The molecule has 0 spiro atoms. The third-order valence-electron chi connectivity index (χ3n) is 10.2. The summed E-state index contributed by atoms with van der Waals surface area (Å²) >= 11 is 0. The molecule has 1 fully saturated rings. The van der Waals surface area contributed by atoms with Crippen molar-refractivity contribution in [1.82, 2.24) is 4.90 Å². The summed E-state index contributed by atoms with van der Waals surface area (Å²) in [7, 11) is 0. The Bertz CT molecular complexity index is 2220. The number of anilines is 3. The van der Waals surface area contributed by atoms with Crippen molar-refractivity contribution in [2.24, 2.45) is 0 Å². The van der Waals surface area contributed by atoms with Crippen molar-refractivity contribution in [2.45, 2.75) is 52.7 Å². The fourth-order valence-electron chi connectivity index (χ4n) is 6.77. The van der Waals surface area contributed by atoms with Crippen LogP contribution in [0.1, 0.15) is 62.7 Å². The van der Waals surface area contributed by atoms with Gasteiger partial charge in [0.2, 0.25) is 0 Å². The van der Waals surface area contributed by atoms with Crippen LogP contribution in [-0.4, -0.2) is 35.9 Å². The van der Waals surface area contributed by atoms with Crippen molar-refractivity contribution in [1.29, 1.82) is 0 Å². The van der Waals surface area contributed by atoms with Gasteiger partial charge in [-0.3, -0.25) is 9.59 Å². The molecule has 6 aromatic carbocycles. The number of carbonyl (C=O) groups excluding carboxylic acids is 2. The average molecular weight is 730 g/mol. The van der Waals surface area contributed by atoms with Crippen LogP contribution in [0.5, 0.6) is 11.5 Å². The standard InChI is InChI=1S/C48H47N3O4/c1-4-36-7-5-6-8-45(36)50-46-31-41(22-11-34(46)3)49-47(52)39-18-16-37(17-19-39)38-20-25-42(26-21-38)54-32-35-12-23-43(24-13-35)55-44-27-29-51(30-28-44)48(53)40-14-9-33(2)10-15-40/h5-26,31,44,50H,4,27-30,32H2,1-3H3,(H,49,52). The molecular weight excluding hydrogens is 683 g/mol. The summed E-state index contributed by atoms with van der Waals surface area (Å²) in [6, 6.07) is 45.6. The molecule has 2 N–H and O–H groups in total. The third-order valence-corrected chi connectivity index (χ3v) is 10.2. The monoisotopic (exact) mass is 729 g/mol. The molecule has 7 heteroatoms. The molecule has 1 aliphatic rings. The Kier molecular flexibility index (Phi) is 11.6. The Hall–Kier alpha value is -6.34. The van der Waals surface area contributed by atoms with Gasteiger partial charge in [0.15, 0.2) is 0 Å². The number of hydrogen-bond donors (Lipinski definition) is 2. The first-order valence-electron chi connectivity index (χ1n) is 19.0. The summed E-state index contributed by atoms with van der Waals surface area (Å²) in [4.78, 5) is 28.0. The highest BCUT2D eigenvalue weighted by atomic mass is 16.5. The van der Waals surface area contributed by atoms with Crippen molar-refractivity contribution >= 4 is 28.9 Å². The first-order chi connectivity index (χ1) is 26.8. The molecule has 0 aromatic heterocycles. The van der Waals surface area contributed by atoms with E-state index in [4.69, 9.17) is 9.47 Å². The second-order valence-corrected chi connectivity index (χ2v) is 14.1. The Morgan fingerprint density at radius 3 is 2.02 bits per heavy atom. The van der Waals surface area contributed by atoms with Crippen molar-refractivity contribution in [3.8, 4) is 22.6 Å². The average Bonchev–Trinajstić information content (AvgIpc) is 3.22. The summed E-state index contributed by atoms with van der Waals surface area (Å²) in [5.41, 5.74) is 10.7. The molecule has 0 bridgehead atoms. The van der Waals surface area contributed by atoms with E-state index in [-0.39, 0.29) is 17.9 Å². The number of likely N-dealkylation sites (tertiary alicyclic amines) is 1. The van der Waals surface area contributed by atoms with Crippen LogP contribution < -0.4 is 20.1 Å². The molecule has 0 radical (unpaired) electrons. The summed E-state index contributed by atoms with van der Waals surface area (Å²) in [5.74, 6) is 1.53. The van der Waals surface area contributed by atoms with Crippen LogP contribution in [0.4, 0.5) is 17.1 Å². The third kappa shape index (κ3) is 9.43. The number of nitrogens with zero attached hydrogens (tertiary/aromatic N) is 1. The van der Waals surface area contributed by atoms with E-state index in [2.05, 4.69) is 36.6 Å². The fourth-order valence-corrected chi connectivity index (χ4v) is 6.77. The lowest BCUT2D eigenvalue weighted by Gasteiger charge is -2.32. The number of rotatable bonds is 12. The molecule has 2 amide bonds. The summed E-state index contributed by atoms with van der Waals surface area (Å²) < 4.78 is 12.3. The molecule has 1 aliphatic heterocycles. The van der Waals surface area contributed by atoms with Crippen LogP contribution in [0.3, 0.4) is 0 Å². The van der Waals surface area contributed by atoms with Crippen molar-refractivity contribution < 1.29 is 19.1 Å². The maximum atomic E-state index is 13.2.